The minimum absolute atomic E-state index is 0.986. The van der Waals surface area contributed by atoms with Gasteiger partial charge in [0.15, 0.2) is 6.10 Å². The number of hydrogen-bond donors (Lipinski definition) is 8. The second-order valence-corrected chi connectivity index (χ2v) is 4.12. The van der Waals surface area contributed by atoms with Crippen molar-refractivity contribution in [2.24, 2.45) is 0 Å². The Morgan fingerprint density at radius 1 is 0.857 bits per heavy atom. The minimum atomic E-state index is -2.40. The highest BCUT2D eigenvalue weighted by molar-refractivity contribution is 5.81. The lowest BCUT2D eigenvalue weighted by molar-refractivity contribution is -0.190. The molecule has 8 N–H and O–H groups in total. The number of ether oxygens (including phenoxy) is 1. The third-order valence-electron chi connectivity index (χ3n) is 2.52. The third-order valence-corrected chi connectivity index (χ3v) is 2.52. The molecule has 0 rings (SSSR count). The van der Waals surface area contributed by atoms with E-state index in [0.29, 0.717) is 0 Å². The van der Waals surface area contributed by atoms with Gasteiger partial charge in [0.1, 0.15) is 24.4 Å². The fraction of sp³-hybridized carbons (Fsp3) is 0.800. The monoisotopic (exact) mass is 314 g/mol. The summed E-state index contributed by atoms with van der Waals surface area (Å²) in [5, 5.41) is 71.9. The van der Waals surface area contributed by atoms with Gasteiger partial charge in [-0.3, -0.25) is 0 Å². The molecule has 0 radical (unpaired) electrons. The SMILES string of the molecule is O=C(O[C@H](C(=O)O)[C@H](O)[C@H](O)CO)[C@@H](O)[C@H](O)[C@H](O)CO. The number of carboxylic acids is 1. The minimum Gasteiger partial charge on any atom is -0.478 e. The number of esters is 1. The van der Waals surface area contributed by atoms with E-state index in [1.54, 1.807) is 0 Å². The summed E-state index contributed by atoms with van der Waals surface area (Å²) in [4.78, 5) is 22.2. The van der Waals surface area contributed by atoms with Crippen LogP contribution in [0.2, 0.25) is 0 Å². The van der Waals surface area contributed by atoms with Crippen molar-refractivity contribution in [3.63, 3.8) is 0 Å². The number of aliphatic hydroxyl groups excluding tert-OH is 7. The lowest BCUT2D eigenvalue weighted by Gasteiger charge is -2.25. The van der Waals surface area contributed by atoms with Gasteiger partial charge in [-0.1, -0.05) is 0 Å². The Morgan fingerprint density at radius 2 is 1.29 bits per heavy atom. The molecule has 0 unspecified atom stereocenters. The fourth-order valence-electron chi connectivity index (χ4n) is 1.23. The number of carbonyl (C=O) groups is 2. The molecule has 0 saturated heterocycles. The summed E-state index contributed by atoms with van der Waals surface area (Å²) in [6.07, 6.45) is -12.9. The first-order chi connectivity index (χ1) is 9.67. The van der Waals surface area contributed by atoms with Crippen molar-refractivity contribution in [2.45, 2.75) is 36.6 Å². The molecule has 0 aromatic heterocycles. The maximum Gasteiger partial charge on any atom is 0.347 e. The Labute approximate surface area is 118 Å². The van der Waals surface area contributed by atoms with Crippen molar-refractivity contribution in [3.05, 3.63) is 0 Å². The van der Waals surface area contributed by atoms with Crippen LogP contribution in [0.4, 0.5) is 0 Å². The van der Waals surface area contributed by atoms with Crippen molar-refractivity contribution < 1.29 is 55.2 Å². The third kappa shape index (κ3) is 5.51. The standard InChI is InChI=1S/C10H18O11/c11-1-3(13)5(15)7(17)10(20)21-8(9(18)19)6(16)4(14)2-12/h3-8,11-17H,1-2H2,(H,18,19)/t3-,4-,5-,6-,7+,8+/m1/s1. The Hall–Kier alpha value is -1.34. The van der Waals surface area contributed by atoms with Crippen LogP contribution >= 0.6 is 0 Å². The van der Waals surface area contributed by atoms with Gasteiger partial charge in [0.25, 0.3) is 0 Å². The number of aliphatic carboxylic acids is 1. The molecule has 0 spiro atoms. The smallest absolute Gasteiger partial charge is 0.347 e. The van der Waals surface area contributed by atoms with E-state index in [9.17, 15) is 24.9 Å². The van der Waals surface area contributed by atoms with Gasteiger partial charge in [0.2, 0.25) is 6.10 Å². The Kier molecular flexibility index (Phi) is 8.27. The molecule has 0 saturated carbocycles. The van der Waals surface area contributed by atoms with E-state index in [-0.39, 0.29) is 0 Å². The molecule has 0 aliphatic carbocycles. The van der Waals surface area contributed by atoms with E-state index in [0.717, 1.165) is 0 Å². The molecule has 124 valence electrons. The van der Waals surface area contributed by atoms with Crippen molar-refractivity contribution in [1.29, 1.82) is 0 Å². The highest BCUT2D eigenvalue weighted by Gasteiger charge is 2.39. The van der Waals surface area contributed by atoms with Crippen LogP contribution in [-0.2, 0) is 14.3 Å². The molecule has 0 heterocycles. The molecule has 6 atom stereocenters. The summed E-state index contributed by atoms with van der Waals surface area (Å²) in [5.74, 6) is -3.60. The first-order valence-corrected chi connectivity index (χ1v) is 5.72. The van der Waals surface area contributed by atoms with Crippen LogP contribution in [0, 0.1) is 0 Å². The first-order valence-electron chi connectivity index (χ1n) is 5.72. The lowest BCUT2D eigenvalue weighted by atomic mass is 10.1. The van der Waals surface area contributed by atoms with Gasteiger partial charge < -0.3 is 45.6 Å². The summed E-state index contributed by atoms with van der Waals surface area (Å²) in [5.41, 5.74) is 0. The van der Waals surface area contributed by atoms with E-state index in [1.165, 1.54) is 0 Å². The average molecular weight is 314 g/mol. The van der Waals surface area contributed by atoms with Gasteiger partial charge in [-0.2, -0.15) is 0 Å². The number of hydrogen-bond acceptors (Lipinski definition) is 10. The quantitative estimate of drug-likeness (QED) is 0.189. The van der Waals surface area contributed by atoms with Crippen LogP contribution in [0.3, 0.4) is 0 Å². The molecule has 0 amide bonds. The normalized spacial score (nSPS) is 20.0. The first kappa shape index (κ1) is 19.7. The van der Waals surface area contributed by atoms with Crippen LogP contribution < -0.4 is 0 Å². The molecule has 0 aliphatic heterocycles. The fourth-order valence-corrected chi connectivity index (χ4v) is 1.23. The Balaban J connectivity index is 4.87. The molecule has 0 aromatic rings. The van der Waals surface area contributed by atoms with Crippen molar-refractivity contribution in [1.82, 2.24) is 0 Å². The van der Waals surface area contributed by atoms with Crippen LogP contribution in [0.25, 0.3) is 0 Å². The summed E-state index contributed by atoms with van der Waals surface area (Å²) < 4.78 is 4.21. The zero-order valence-corrected chi connectivity index (χ0v) is 10.7. The number of aliphatic hydroxyl groups is 7. The Morgan fingerprint density at radius 3 is 1.67 bits per heavy atom. The molecule has 0 aromatic carbocycles. The van der Waals surface area contributed by atoms with E-state index in [1.807, 2.05) is 0 Å². The van der Waals surface area contributed by atoms with E-state index < -0.39 is 61.8 Å². The molecule has 0 fully saturated rings. The Bertz CT molecular complexity index is 346. The number of carbonyl (C=O) groups excluding carboxylic acids is 1. The predicted octanol–water partition coefficient (Wildman–Crippen LogP) is -5.23. The topological polar surface area (TPSA) is 205 Å². The zero-order valence-electron chi connectivity index (χ0n) is 10.7. The number of rotatable bonds is 9. The molecule has 11 heteroatoms. The number of carboxylic acid groups (broad SMARTS) is 1. The van der Waals surface area contributed by atoms with Crippen LogP contribution in [0.1, 0.15) is 0 Å². The van der Waals surface area contributed by atoms with Gasteiger partial charge in [-0.05, 0) is 0 Å². The highest BCUT2D eigenvalue weighted by atomic mass is 16.6. The maximum atomic E-state index is 11.4. The largest absolute Gasteiger partial charge is 0.478 e. The van der Waals surface area contributed by atoms with Crippen LogP contribution in [0.5, 0.6) is 0 Å². The van der Waals surface area contributed by atoms with E-state index >= 15 is 0 Å². The van der Waals surface area contributed by atoms with Crippen molar-refractivity contribution >= 4 is 11.9 Å². The molecule has 21 heavy (non-hydrogen) atoms. The molecule has 11 nitrogen and oxygen atoms in total. The highest BCUT2D eigenvalue weighted by Crippen LogP contribution is 2.09. The molecule has 0 aliphatic rings. The van der Waals surface area contributed by atoms with Gasteiger partial charge in [-0.25, -0.2) is 9.59 Å². The molecular formula is C10H18O11. The second-order valence-electron chi connectivity index (χ2n) is 4.12. The second kappa shape index (κ2) is 8.84. The van der Waals surface area contributed by atoms with Gasteiger partial charge >= 0.3 is 11.9 Å². The maximum absolute atomic E-state index is 11.4. The average Bonchev–Trinajstić information content (AvgIpc) is 2.47. The summed E-state index contributed by atoms with van der Waals surface area (Å²) in [6, 6.07) is 0. The van der Waals surface area contributed by atoms with Gasteiger partial charge in [-0.15, -0.1) is 0 Å². The summed E-state index contributed by atoms with van der Waals surface area (Å²) in [7, 11) is 0. The van der Waals surface area contributed by atoms with E-state index in [2.05, 4.69) is 4.74 Å². The summed E-state index contributed by atoms with van der Waals surface area (Å²) in [6.45, 7) is -2.00. The van der Waals surface area contributed by atoms with Crippen molar-refractivity contribution in [2.75, 3.05) is 13.2 Å². The van der Waals surface area contributed by atoms with Gasteiger partial charge in [0, 0.05) is 0 Å². The predicted molar refractivity (Wildman–Crippen MR) is 61.7 cm³/mol. The van der Waals surface area contributed by atoms with E-state index in [4.69, 9.17) is 25.5 Å². The van der Waals surface area contributed by atoms with Crippen LogP contribution in [0.15, 0.2) is 0 Å². The zero-order chi connectivity index (χ0) is 16.7. The molecular weight excluding hydrogens is 296 g/mol. The van der Waals surface area contributed by atoms with Gasteiger partial charge in [0.05, 0.1) is 13.2 Å². The summed E-state index contributed by atoms with van der Waals surface area (Å²) >= 11 is 0. The molecule has 0 bridgehead atoms. The van der Waals surface area contributed by atoms with Crippen molar-refractivity contribution in [3.8, 4) is 0 Å². The van der Waals surface area contributed by atoms with Crippen LogP contribution in [-0.4, -0.2) is 103 Å². The lowest BCUT2D eigenvalue weighted by Crippen LogP contribution is -2.50.